The van der Waals surface area contributed by atoms with Gasteiger partial charge in [-0.2, -0.15) is 0 Å². The van der Waals surface area contributed by atoms with Crippen molar-refractivity contribution in [2.24, 2.45) is 0 Å². The second kappa shape index (κ2) is 10.8. The molecule has 0 unspecified atom stereocenters. The first-order chi connectivity index (χ1) is 17.0. The summed E-state index contributed by atoms with van der Waals surface area (Å²) in [5.74, 6) is 0.366. The molecule has 4 aromatic rings. The molecule has 1 heterocycles. The summed E-state index contributed by atoms with van der Waals surface area (Å²) in [6, 6.07) is 18.1. The maximum atomic E-state index is 12.9. The van der Waals surface area contributed by atoms with Crippen LogP contribution in [-0.4, -0.2) is 25.0 Å². The fourth-order valence-electron chi connectivity index (χ4n) is 3.78. The predicted octanol–water partition coefficient (Wildman–Crippen LogP) is 5.97. The zero-order valence-electron chi connectivity index (χ0n) is 20.0. The Morgan fingerprint density at radius 2 is 1.51 bits per heavy atom. The third kappa shape index (κ3) is 5.63. The normalized spacial score (nSPS) is 10.7. The summed E-state index contributed by atoms with van der Waals surface area (Å²) in [6.07, 6.45) is 1.75. The number of hydrogen-bond acceptors (Lipinski definition) is 5. The van der Waals surface area contributed by atoms with Gasteiger partial charge in [-0.25, -0.2) is 0 Å². The number of benzene rings is 3. The molecule has 180 valence electrons. The lowest BCUT2D eigenvalue weighted by molar-refractivity contribution is -0.115. The van der Waals surface area contributed by atoms with Gasteiger partial charge < -0.3 is 24.5 Å². The fraction of sp³-hybridized carbons (Fsp3) is 0.214. The Hall–Kier alpha value is -4.26. The van der Waals surface area contributed by atoms with Crippen LogP contribution in [0, 0.1) is 6.92 Å². The van der Waals surface area contributed by atoms with Crippen molar-refractivity contribution in [1.82, 2.24) is 0 Å². The van der Waals surface area contributed by atoms with Crippen molar-refractivity contribution in [3.05, 3.63) is 83.6 Å². The molecular weight excluding hydrogens is 444 g/mol. The molecular formula is C28H28N2O5. The van der Waals surface area contributed by atoms with Gasteiger partial charge in [-0.05, 0) is 44.5 Å². The maximum Gasteiger partial charge on any atom is 0.255 e. The van der Waals surface area contributed by atoms with Crippen LogP contribution in [0.1, 0.15) is 35.3 Å². The molecule has 7 nitrogen and oxygen atoms in total. The van der Waals surface area contributed by atoms with Gasteiger partial charge in [0.05, 0.1) is 37.3 Å². The molecule has 0 aliphatic carbocycles. The number of carbonyl (C=O) groups excluding carboxylic acids is 2. The Morgan fingerprint density at radius 3 is 2.17 bits per heavy atom. The van der Waals surface area contributed by atoms with Crippen LogP contribution >= 0.6 is 0 Å². The second-order valence-corrected chi connectivity index (χ2v) is 8.02. The highest BCUT2D eigenvalue weighted by Gasteiger charge is 2.18. The van der Waals surface area contributed by atoms with Crippen LogP contribution in [-0.2, 0) is 11.2 Å². The largest absolute Gasteiger partial charge is 0.492 e. The number of amides is 2. The number of hydrogen-bond donors (Lipinski definition) is 2. The van der Waals surface area contributed by atoms with E-state index < -0.39 is 0 Å². The minimum absolute atomic E-state index is 0.137. The summed E-state index contributed by atoms with van der Waals surface area (Å²) in [5.41, 5.74) is 4.08. The number of aryl methyl sites for hydroxylation is 1. The summed E-state index contributed by atoms with van der Waals surface area (Å²) < 4.78 is 17.2. The van der Waals surface area contributed by atoms with Crippen LogP contribution in [0.3, 0.4) is 0 Å². The van der Waals surface area contributed by atoms with Gasteiger partial charge >= 0.3 is 0 Å². The Kier molecular flexibility index (Phi) is 7.35. The smallest absolute Gasteiger partial charge is 0.255 e. The van der Waals surface area contributed by atoms with Crippen LogP contribution in [0.5, 0.6) is 11.5 Å². The van der Waals surface area contributed by atoms with Gasteiger partial charge in [-0.15, -0.1) is 0 Å². The first-order valence-electron chi connectivity index (χ1n) is 11.5. The number of anilines is 2. The van der Waals surface area contributed by atoms with E-state index in [-0.39, 0.29) is 18.2 Å². The number of carbonyl (C=O) groups is 2. The van der Waals surface area contributed by atoms with Crippen LogP contribution in [0.4, 0.5) is 11.4 Å². The average Bonchev–Trinajstić information content (AvgIpc) is 3.23. The van der Waals surface area contributed by atoms with Crippen molar-refractivity contribution in [1.29, 1.82) is 0 Å². The van der Waals surface area contributed by atoms with E-state index in [1.54, 1.807) is 42.7 Å². The molecule has 2 N–H and O–H groups in total. The van der Waals surface area contributed by atoms with Crippen LogP contribution < -0.4 is 20.1 Å². The molecule has 0 saturated carbocycles. The van der Waals surface area contributed by atoms with E-state index in [9.17, 15) is 9.59 Å². The highest BCUT2D eigenvalue weighted by molar-refractivity contribution is 6.05. The van der Waals surface area contributed by atoms with Crippen LogP contribution in [0.15, 0.2) is 71.3 Å². The van der Waals surface area contributed by atoms with Gasteiger partial charge in [0.25, 0.3) is 5.91 Å². The van der Waals surface area contributed by atoms with Crippen LogP contribution in [0.25, 0.3) is 11.0 Å². The summed E-state index contributed by atoms with van der Waals surface area (Å²) in [4.78, 5) is 25.7. The predicted molar refractivity (Wildman–Crippen MR) is 136 cm³/mol. The molecule has 7 heteroatoms. The van der Waals surface area contributed by atoms with Gasteiger partial charge in [0.15, 0.2) is 0 Å². The molecule has 1 aromatic heterocycles. The van der Waals surface area contributed by atoms with Crippen molar-refractivity contribution in [2.45, 2.75) is 27.2 Å². The highest BCUT2D eigenvalue weighted by atomic mass is 16.5. The number of rotatable bonds is 9. The van der Waals surface area contributed by atoms with Crippen molar-refractivity contribution in [2.75, 3.05) is 23.8 Å². The zero-order chi connectivity index (χ0) is 24.8. The van der Waals surface area contributed by atoms with E-state index >= 15 is 0 Å². The molecule has 0 fully saturated rings. The van der Waals surface area contributed by atoms with E-state index in [4.69, 9.17) is 13.9 Å². The molecule has 3 aromatic carbocycles. The van der Waals surface area contributed by atoms with Crippen molar-refractivity contribution in [3.63, 3.8) is 0 Å². The second-order valence-electron chi connectivity index (χ2n) is 8.02. The maximum absolute atomic E-state index is 12.9. The molecule has 0 atom stereocenters. The topological polar surface area (TPSA) is 89.8 Å². The summed E-state index contributed by atoms with van der Waals surface area (Å²) in [5, 5.41) is 6.71. The van der Waals surface area contributed by atoms with Crippen molar-refractivity contribution >= 4 is 34.2 Å². The lowest BCUT2D eigenvalue weighted by Gasteiger charge is -2.18. The standard InChI is InChI=1S/C28H28N2O5/c1-4-33-25-16-23(30-28(32)19-9-7-6-8-10-19)26(34-5-2)15-22(25)29-27(31)14-20-17-35-24-13-18(3)11-12-21(20)24/h6-13,15-17H,4-5,14H2,1-3H3,(H,29,31)(H,30,32). The highest BCUT2D eigenvalue weighted by Crippen LogP contribution is 2.37. The molecule has 4 rings (SSSR count). The summed E-state index contributed by atoms with van der Waals surface area (Å²) >= 11 is 0. The molecule has 0 radical (unpaired) electrons. The first-order valence-corrected chi connectivity index (χ1v) is 11.5. The van der Waals surface area contributed by atoms with E-state index in [1.807, 2.05) is 45.0 Å². The van der Waals surface area contributed by atoms with Crippen molar-refractivity contribution in [3.8, 4) is 11.5 Å². The molecule has 0 aliphatic rings. The number of nitrogens with one attached hydrogen (secondary N) is 2. The fourth-order valence-corrected chi connectivity index (χ4v) is 3.78. The van der Waals surface area contributed by atoms with Crippen molar-refractivity contribution < 1.29 is 23.5 Å². The average molecular weight is 473 g/mol. The molecule has 2 amide bonds. The monoisotopic (exact) mass is 472 g/mol. The van der Waals surface area contributed by atoms with E-state index in [1.165, 1.54) is 0 Å². The SMILES string of the molecule is CCOc1cc(NC(=O)c2ccccc2)c(OCC)cc1NC(=O)Cc1coc2cc(C)ccc12. The number of furan rings is 1. The summed E-state index contributed by atoms with van der Waals surface area (Å²) in [7, 11) is 0. The van der Waals surface area contributed by atoms with Crippen LogP contribution in [0.2, 0.25) is 0 Å². The van der Waals surface area contributed by atoms with E-state index in [2.05, 4.69) is 10.6 Å². The van der Waals surface area contributed by atoms with Gasteiger partial charge in [-0.3, -0.25) is 9.59 Å². The van der Waals surface area contributed by atoms with Gasteiger partial charge in [-0.1, -0.05) is 30.3 Å². The first kappa shape index (κ1) is 23.9. The summed E-state index contributed by atoms with van der Waals surface area (Å²) in [6.45, 7) is 6.46. The van der Waals surface area contributed by atoms with Gasteiger partial charge in [0.1, 0.15) is 17.1 Å². The molecule has 0 saturated heterocycles. The Morgan fingerprint density at radius 1 is 0.857 bits per heavy atom. The number of fused-ring (bicyclic) bond motifs is 1. The Bertz CT molecular complexity index is 1340. The Balaban J connectivity index is 1.58. The molecule has 0 aliphatic heterocycles. The Labute approximate surface area is 204 Å². The van der Waals surface area contributed by atoms with Gasteiger partial charge in [0, 0.05) is 28.6 Å². The van der Waals surface area contributed by atoms with E-state index in [0.29, 0.717) is 41.7 Å². The minimum Gasteiger partial charge on any atom is -0.492 e. The quantitative estimate of drug-likeness (QED) is 0.313. The minimum atomic E-state index is -0.271. The molecule has 35 heavy (non-hydrogen) atoms. The zero-order valence-corrected chi connectivity index (χ0v) is 20.0. The lowest BCUT2D eigenvalue weighted by Crippen LogP contribution is -2.17. The lowest BCUT2D eigenvalue weighted by atomic mass is 10.1. The molecule has 0 bridgehead atoms. The number of ether oxygens (including phenoxy) is 2. The molecule has 0 spiro atoms. The third-order valence-electron chi connectivity index (χ3n) is 5.40. The van der Waals surface area contributed by atoms with E-state index in [0.717, 1.165) is 22.1 Å². The third-order valence-corrected chi connectivity index (χ3v) is 5.40. The van der Waals surface area contributed by atoms with Gasteiger partial charge in [0.2, 0.25) is 5.91 Å².